The van der Waals surface area contributed by atoms with E-state index in [0.29, 0.717) is 17.5 Å². The molecule has 0 spiro atoms. The topological polar surface area (TPSA) is 56.7 Å². The smallest absolute Gasteiger partial charge is 0.166 e. The number of hydrogen-bond donors (Lipinski definition) is 0. The van der Waals surface area contributed by atoms with Crippen LogP contribution in [0, 0.1) is 0 Å². The number of nitrogens with zero attached hydrogens (tertiary/aromatic N) is 4. The second-order valence-electron chi connectivity index (χ2n) is 15.6. The molecule has 278 valence electrons. The van der Waals surface area contributed by atoms with Gasteiger partial charge in [0.2, 0.25) is 0 Å². The number of fused-ring (bicyclic) bond motifs is 11. The Hall–Kier alpha value is -8.15. The summed E-state index contributed by atoms with van der Waals surface area (Å²) in [5, 5.41) is 13.6. The second kappa shape index (κ2) is 12.7. The normalized spacial score (nSPS) is 12.0. The van der Waals surface area contributed by atoms with Gasteiger partial charge in [-0.1, -0.05) is 152 Å². The maximum Gasteiger partial charge on any atom is 0.166 e. The van der Waals surface area contributed by atoms with Crippen LogP contribution in [0.25, 0.3) is 127 Å². The Balaban J connectivity index is 1.18. The lowest BCUT2D eigenvalue weighted by atomic mass is 9.96. The molecule has 0 saturated carbocycles. The van der Waals surface area contributed by atoms with Crippen LogP contribution in [0.2, 0.25) is 0 Å². The number of para-hydroxylation sites is 2. The fourth-order valence-electron chi connectivity index (χ4n) is 9.44. The van der Waals surface area contributed by atoms with E-state index in [1.807, 2.05) is 12.1 Å². The summed E-state index contributed by atoms with van der Waals surface area (Å²) in [6.45, 7) is 0. The molecule has 0 N–H and O–H groups in total. The maximum absolute atomic E-state index is 6.63. The highest BCUT2D eigenvalue weighted by Gasteiger charge is 2.23. The number of rotatable bonds is 4. The van der Waals surface area contributed by atoms with Gasteiger partial charge in [-0.3, -0.25) is 0 Å². The van der Waals surface area contributed by atoms with E-state index in [1.165, 1.54) is 26.9 Å². The number of hydrogen-bond acceptors (Lipinski definition) is 4. The molecule has 0 fully saturated rings. The quantitative estimate of drug-likeness (QED) is 0.167. The zero-order valence-corrected chi connectivity index (χ0v) is 32.2. The fourth-order valence-corrected chi connectivity index (χ4v) is 9.44. The van der Waals surface area contributed by atoms with Crippen molar-refractivity contribution >= 4 is 86.8 Å². The van der Waals surface area contributed by atoms with E-state index in [9.17, 15) is 0 Å². The lowest BCUT2D eigenvalue weighted by molar-refractivity contribution is 0.669. The van der Waals surface area contributed by atoms with Crippen molar-refractivity contribution in [1.82, 2.24) is 19.5 Å². The minimum absolute atomic E-state index is 0.559. The van der Waals surface area contributed by atoms with E-state index < -0.39 is 0 Å². The highest BCUT2D eigenvalue weighted by atomic mass is 16.3. The molecule has 0 aliphatic rings. The molecule has 0 saturated heterocycles. The number of furan rings is 1. The molecular weight excluding hydrogens is 733 g/mol. The van der Waals surface area contributed by atoms with Gasteiger partial charge in [-0.15, -0.1) is 0 Å². The molecule has 0 bridgehead atoms. The summed E-state index contributed by atoms with van der Waals surface area (Å²) in [6, 6.07) is 68.6. The van der Waals surface area contributed by atoms with Crippen molar-refractivity contribution < 1.29 is 4.42 Å². The van der Waals surface area contributed by atoms with Crippen molar-refractivity contribution in [3.8, 4) is 39.9 Å². The zero-order chi connectivity index (χ0) is 39.3. The monoisotopic (exact) mass is 764 g/mol. The van der Waals surface area contributed by atoms with Gasteiger partial charge >= 0.3 is 0 Å². The zero-order valence-electron chi connectivity index (χ0n) is 32.2. The fraction of sp³-hybridized carbons (Fsp3) is 0. The molecule has 0 radical (unpaired) electrons. The van der Waals surface area contributed by atoms with Crippen molar-refractivity contribution in [3.05, 3.63) is 194 Å². The van der Waals surface area contributed by atoms with Gasteiger partial charge in [0.25, 0.3) is 0 Å². The Morgan fingerprint density at radius 3 is 1.70 bits per heavy atom. The van der Waals surface area contributed by atoms with Crippen LogP contribution in [0.3, 0.4) is 0 Å². The number of benzene rings is 10. The molecule has 13 rings (SSSR count). The molecule has 3 aromatic heterocycles. The average molecular weight is 765 g/mol. The molecule has 60 heavy (non-hydrogen) atoms. The molecule has 3 heterocycles. The summed E-state index contributed by atoms with van der Waals surface area (Å²) in [5.74, 6) is 1.77. The molecule has 10 aromatic carbocycles. The molecule has 13 aromatic rings. The summed E-state index contributed by atoms with van der Waals surface area (Å²) < 4.78 is 9.02. The van der Waals surface area contributed by atoms with Gasteiger partial charge < -0.3 is 8.98 Å². The number of aromatic nitrogens is 4. The van der Waals surface area contributed by atoms with Crippen LogP contribution < -0.4 is 0 Å². The van der Waals surface area contributed by atoms with Crippen molar-refractivity contribution in [2.75, 3.05) is 0 Å². The van der Waals surface area contributed by atoms with Crippen molar-refractivity contribution in [3.63, 3.8) is 0 Å². The standard InChI is InChI=1S/C55H32N4O/c1-2-16-35-30-49-44(28-34(35)15-1)41-23-9-11-26-48(41)59(49)50-31-45-42-24-10-12-27-51(42)60-52(45)32-47(50)55-57-53(43-25-13-18-33-14-3-5-19-37(33)43)56-54(58-55)46-29-36-17-4-6-20-38(36)39-21-7-8-22-40(39)46/h1-32H. The summed E-state index contributed by atoms with van der Waals surface area (Å²) in [7, 11) is 0. The summed E-state index contributed by atoms with van der Waals surface area (Å²) >= 11 is 0. The molecule has 0 unspecified atom stereocenters. The summed E-state index contributed by atoms with van der Waals surface area (Å²) in [4.78, 5) is 16.3. The molecule has 0 aliphatic heterocycles. The van der Waals surface area contributed by atoms with E-state index in [1.54, 1.807) is 0 Å². The highest BCUT2D eigenvalue weighted by Crippen LogP contribution is 2.42. The van der Waals surface area contributed by atoms with Gasteiger partial charge in [-0.05, 0) is 85.6 Å². The van der Waals surface area contributed by atoms with Crippen LogP contribution in [0.15, 0.2) is 199 Å². The van der Waals surface area contributed by atoms with Crippen LogP contribution in [-0.2, 0) is 0 Å². The first kappa shape index (κ1) is 32.9. The van der Waals surface area contributed by atoms with E-state index in [4.69, 9.17) is 19.4 Å². The third-order valence-corrected chi connectivity index (χ3v) is 12.2. The second-order valence-corrected chi connectivity index (χ2v) is 15.6. The first-order chi connectivity index (χ1) is 29.7. The largest absolute Gasteiger partial charge is 0.456 e. The lowest BCUT2D eigenvalue weighted by Crippen LogP contribution is -2.04. The van der Waals surface area contributed by atoms with Crippen LogP contribution in [0.1, 0.15) is 0 Å². The van der Waals surface area contributed by atoms with Gasteiger partial charge in [0.05, 0.1) is 16.7 Å². The van der Waals surface area contributed by atoms with Crippen molar-refractivity contribution in [2.45, 2.75) is 0 Å². The van der Waals surface area contributed by atoms with Gasteiger partial charge in [0.1, 0.15) is 11.2 Å². The summed E-state index contributed by atoms with van der Waals surface area (Å²) in [5.41, 5.74) is 7.49. The molecule has 0 amide bonds. The van der Waals surface area contributed by atoms with Crippen molar-refractivity contribution in [1.29, 1.82) is 0 Å². The predicted molar refractivity (Wildman–Crippen MR) is 248 cm³/mol. The van der Waals surface area contributed by atoms with Crippen LogP contribution in [0.5, 0.6) is 0 Å². The predicted octanol–water partition coefficient (Wildman–Crippen LogP) is 14.5. The van der Waals surface area contributed by atoms with Gasteiger partial charge in [0, 0.05) is 38.2 Å². The van der Waals surface area contributed by atoms with Gasteiger partial charge in [-0.2, -0.15) is 0 Å². The van der Waals surface area contributed by atoms with E-state index in [-0.39, 0.29) is 0 Å². The van der Waals surface area contributed by atoms with Crippen LogP contribution in [-0.4, -0.2) is 19.5 Å². The van der Waals surface area contributed by atoms with E-state index in [2.05, 4.69) is 187 Å². The lowest BCUT2D eigenvalue weighted by Gasteiger charge is -2.16. The summed E-state index contributed by atoms with van der Waals surface area (Å²) in [6.07, 6.45) is 0. The molecular formula is C55H32N4O. The van der Waals surface area contributed by atoms with Gasteiger partial charge in [0.15, 0.2) is 17.5 Å². The Morgan fingerprint density at radius 2 is 0.883 bits per heavy atom. The first-order valence-corrected chi connectivity index (χ1v) is 20.3. The van der Waals surface area contributed by atoms with E-state index in [0.717, 1.165) is 82.3 Å². The molecule has 5 nitrogen and oxygen atoms in total. The Labute approximate surface area is 343 Å². The van der Waals surface area contributed by atoms with Crippen molar-refractivity contribution in [2.24, 2.45) is 0 Å². The van der Waals surface area contributed by atoms with Gasteiger partial charge in [-0.25, -0.2) is 15.0 Å². The minimum Gasteiger partial charge on any atom is -0.456 e. The average Bonchev–Trinajstić information content (AvgIpc) is 3.84. The molecule has 5 heteroatoms. The molecule has 0 aliphatic carbocycles. The SMILES string of the molecule is c1ccc2cc3c(cc2c1)c1ccccc1n3-c1cc2c(cc1-c1nc(-c3cccc4ccccc34)nc(-c3cc4ccccc4c4ccccc34)n1)oc1ccccc12. The Kier molecular flexibility index (Phi) is 6.95. The maximum atomic E-state index is 6.63. The van der Waals surface area contributed by atoms with E-state index >= 15 is 0 Å². The molecule has 0 atom stereocenters. The first-order valence-electron chi connectivity index (χ1n) is 20.3. The third-order valence-electron chi connectivity index (χ3n) is 12.2. The Bertz CT molecular complexity index is 3910. The van der Waals surface area contributed by atoms with Crippen LogP contribution >= 0.6 is 0 Å². The highest BCUT2D eigenvalue weighted by molar-refractivity contribution is 6.16. The third kappa shape index (κ3) is 4.90. The Morgan fingerprint density at radius 1 is 0.300 bits per heavy atom. The minimum atomic E-state index is 0.559. The van der Waals surface area contributed by atoms with Crippen LogP contribution in [0.4, 0.5) is 0 Å².